The number of nitrogens with zero attached hydrogens (tertiary/aromatic N) is 4. The first-order valence-corrected chi connectivity index (χ1v) is 24.1. The summed E-state index contributed by atoms with van der Waals surface area (Å²) in [7, 11) is 1.38. The number of phenolic OH excluding ortho intramolecular Hbond substituents is 1. The van der Waals surface area contributed by atoms with Crippen molar-refractivity contribution in [2.24, 2.45) is 28.3 Å². The van der Waals surface area contributed by atoms with E-state index in [0.717, 1.165) is 4.90 Å². The van der Waals surface area contributed by atoms with Crippen molar-refractivity contribution in [3.8, 4) is 5.75 Å². The molecule has 5 rings (SSSR count). The van der Waals surface area contributed by atoms with Crippen LogP contribution in [-0.4, -0.2) is 147 Å². The van der Waals surface area contributed by atoms with E-state index in [1.165, 1.54) is 36.6 Å². The van der Waals surface area contributed by atoms with E-state index in [1.807, 2.05) is 6.92 Å². The average molecular weight is 984 g/mol. The number of carbonyl (C=O) groups excluding carboxylic acids is 8. The van der Waals surface area contributed by atoms with E-state index in [4.69, 9.17) is 11.5 Å². The molecule has 2 aromatic carbocycles. The van der Waals surface area contributed by atoms with Gasteiger partial charge in [-0.2, -0.15) is 0 Å². The van der Waals surface area contributed by atoms with E-state index in [0.29, 0.717) is 29.7 Å². The maximum atomic E-state index is 14.7. The standard InChI is InChI=1S/C49H69N13O9/c1-6-29(4)41-47(70)58-36(24-32-25-52-27-55-32)48(71)62-21-11-15-38(62)45(68)56-34(22-30-12-8-7-9-13-30)42(65)54-26-39(64)61(5)37(14-10-20-53-49(50)51)44(67)59-40(28(2)3)46(69)57-35(43(66)60-41)23-31-16-18-33(63)19-17-31/h7-9,12-13,16-19,25,27-29,34-38,40-41,63H,6,10-11,14-15,20-24,26H2,1-5H3,(H,52,55)(H,54,65)(H,56,68)(H,57,69)(H,58,70)(H,59,67)(H,60,66)(H4,50,51,53)/t29-,34+,35+,36+,37+,38-,40-,41-/m0/s1. The van der Waals surface area contributed by atoms with Gasteiger partial charge >= 0.3 is 0 Å². The minimum absolute atomic E-state index is 0.0224. The molecule has 0 spiro atoms. The number of H-pyrrole nitrogens is 1. The molecule has 71 heavy (non-hydrogen) atoms. The first-order chi connectivity index (χ1) is 33.9. The van der Waals surface area contributed by atoms with Crippen molar-refractivity contribution in [3.63, 3.8) is 0 Å². The van der Waals surface area contributed by atoms with Crippen molar-refractivity contribution in [3.05, 3.63) is 83.9 Å². The Morgan fingerprint density at radius 2 is 1.38 bits per heavy atom. The van der Waals surface area contributed by atoms with Crippen molar-refractivity contribution in [1.29, 1.82) is 0 Å². The van der Waals surface area contributed by atoms with Crippen LogP contribution in [0.25, 0.3) is 0 Å². The summed E-state index contributed by atoms with van der Waals surface area (Å²) in [4.78, 5) is 128. The van der Waals surface area contributed by atoms with Crippen LogP contribution >= 0.6 is 0 Å². The highest BCUT2D eigenvalue weighted by molar-refractivity contribution is 5.99. The van der Waals surface area contributed by atoms with Crippen LogP contribution in [0.3, 0.4) is 0 Å². The zero-order chi connectivity index (χ0) is 51.8. The van der Waals surface area contributed by atoms with Gasteiger partial charge in [0.1, 0.15) is 48.0 Å². The molecule has 2 aliphatic rings. The Morgan fingerprint density at radius 3 is 2.01 bits per heavy atom. The van der Waals surface area contributed by atoms with Crippen LogP contribution in [0.5, 0.6) is 5.75 Å². The number of amides is 8. The molecular formula is C49H69N13O9. The van der Waals surface area contributed by atoms with Crippen molar-refractivity contribution in [2.45, 2.75) is 121 Å². The third-order valence-electron chi connectivity index (χ3n) is 12.9. The van der Waals surface area contributed by atoms with E-state index in [-0.39, 0.29) is 63.3 Å². The molecule has 3 heterocycles. The van der Waals surface area contributed by atoms with Crippen molar-refractivity contribution in [1.82, 2.24) is 51.7 Å². The lowest BCUT2D eigenvalue weighted by molar-refractivity contribution is -0.143. The van der Waals surface area contributed by atoms with Crippen molar-refractivity contribution < 1.29 is 43.5 Å². The lowest BCUT2D eigenvalue weighted by Crippen LogP contribution is -2.62. The topological polar surface area (TPSA) is 329 Å². The fraction of sp³-hybridized carbons (Fsp3) is 0.510. The summed E-state index contributed by atoms with van der Waals surface area (Å²) in [5.74, 6) is -6.78. The van der Waals surface area contributed by atoms with E-state index >= 15 is 0 Å². The Labute approximate surface area is 413 Å². The second-order valence-corrected chi connectivity index (χ2v) is 18.5. The maximum absolute atomic E-state index is 14.7. The summed E-state index contributed by atoms with van der Waals surface area (Å²) in [5, 5.41) is 26.7. The number of imidazole rings is 1. The Morgan fingerprint density at radius 1 is 0.761 bits per heavy atom. The molecule has 0 aliphatic carbocycles. The number of fused-ring (bicyclic) bond motifs is 1. The molecule has 22 nitrogen and oxygen atoms in total. The number of carbonyl (C=O) groups is 8. The van der Waals surface area contributed by atoms with E-state index < -0.39 is 108 Å². The normalized spacial score (nSPS) is 24.1. The first kappa shape index (κ1) is 54.4. The smallest absolute Gasteiger partial charge is 0.246 e. The Hall–Kier alpha value is -7.52. The molecule has 0 radical (unpaired) electrons. The van der Waals surface area contributed by atoms with Crippen LogP contribution in [0.2, 0.25) is 0 Å². The van der Waals surface area contributed by atoms with Gasteiger partial charge in [-0.3, -0.25) is 43.3 Å². The predicted molar refractivity (Wildman–Crippen MR) is 262 cm³/mol. The minimum Gasteiger partial charge on any atom is -0.508 e. The SMILES string of the molecule is CC[C@H](C)[C@@H]1NC(=O)[C@@H](Cc2ccc(O)cc2)NC(=O)[C@H](C(C)C)NC(=O)[C@@H](CCCN=C(N)N)N(C)C(=O)CNC(=O)[C@@H](Cc2ccccc2)NC(=O)[C@@H]2CCCN2C(=O)[C@@H](Cc2cnc[nH]2)NC1=O. The largest absolute Gasteiger partial charge is 0.508 e. The van der Waals surface area contributed by atoms with Crippen molar-refractivity contribution in [2.75, 3.05) is 26.7 Å². The molecule has 1 aromatic heterocycles. The summed E-state index contributed by atoms with van der Waals surface area (Å²) < 4.78 is 0. The number of nitrogens with one attached hydrogen (secondary N) is 7. The predicted octanol–water partition coefficient (Wildman–Crippen LogP) is -0.729. The zero-order valence-electron chi connectivity index (χ0n) is 41.0. The molecule has 0 unspecified atom stereocenters. The zero-order valence-corrected chi connectivity index (χ0v) is 41.0. The van der Waals surface area contributed by atoms with Crippen LogP contribution in [-0.2, 0) is 57.6 Å². The summed E-state index contributed by atoms with van der Waals surface area (Å²) in [5.41, 5.74) is 12.8. The molecule has 8 amide bonds. The molecule has 12 N–H and O–H groups in total. The Bertz CT molecular complexity index is 2340. The second kappa shape index (κ2) is 25.9. The van der Waals surface area contributed by atoms with Gasteiger partial charge in [0.15, 0.2) is 5.96 Å². The van der Waals surface area contributed by atoms with Crippen LogP contribution in [0.1, 0.15) is 76.6 Å². The average Bonchev–Trinajstić information content (AvgIpc) is 4.06. The number of aromatic amines is 1. The van der Waals surface area contributed by atoms with E-state index in [2.05, 4.69) is 46.9 Å². The Balaban J connectivity index is 1.57. The molecule has 384 valence electrons. The first-order valence-electron chi connectivity index (χ1n) is 24.1. The number of nitrogens with two attached hydrogens (primary N) is 2. The maximum Gasteiger partial charge on any atom is 0.246 e. The number of hydrogen-bond donors (Lipinski definition) is 10. The summed E-state index contributed by atoms with van der Waals surface area (Å²) in [6.07, 6.45) is 4.13. The van der Waals surface area contributed by atoms with Gasteiger partial charge in [0.25, 0.3) is 0 Å². The molecule has 2 saturated heterocycles. The number of aliphatic imine (C=N–C) groups is 1. The number of aromatic nitrogens is 2. The van der Waals surface area contributed by atoms with Gasteiger partial charge in [-0.05, 0) is 60.8 Å². The van der Waals surface area contributed by atoms with Gasteiger partial charge in [-0.15, -0.1) is 0 Å². The fourth-order valence-corrected chi connectivity index (χ4v) is 8.56. The van der Waals surface area contributed by atoms with Gasteiger partial charge in [-0.25, -0.2) is 4.98 Å². The van der Waals surface area contributed by atoms with Crippen LogP contribution in [0, 0.1) is 11.8 Å². The lowest BCUT2D eigenvalue weighted by Gasteiger charge is -2.33. The summed E-state index contributed by atoms with van der Waals surface area (Å²) >= 11 is 0. The highest BCUT2D eigenvalue weighted by Crippen LogP contribution is 2.22. The molecule has 22 heteroatoms. The molecule has 2 aliphatic heterocycles. The fourth-order valence-electron chi connectivity index (χ4n) is 8.56. The number of likely N-dealkylation sites (N-methyl/N-ethyl adjacent to an activating group) is 1. The Kier molecular flexibility index (Phi) is 19.9. The minimum atomic E-state index is -1.34. The molecule has 0 bridgehead atoms. The quantitative estimate of drug-likeness (QED) is 0.0576. The van der Waals surface area contributed by atoms with Crippen LogP contribution in [0.15, 0.2) is 72.1 Å². The van der Waals surface area contributed by atoms with Gasteiger partial charge in [0.05, 0.1) is 12.9 Å². The van der Waals surface area contributed by atoms with Gasteiger partial charge < -0.3 is 63.3 Å². The number of hydrogen-bond acceptors (Lipinski definition) is 11. The molecule has 0 saturated carbocycles. The monoisotopic (exact) mass is 984 g/mol. The van der Waals surface area contributed by atoms with Crippen LogP contribution in [0.4, 0.5) is 0 Å². The number of benzene rings is 2. The summed E-state index contributed by atoms with van der Waals surface area (Å²) in [6, 6.07) is 6.34. The number of rotatable bonds is 13. The number of guanidine groups is 1. The van der Waals surface area contributed by atoms with Crippen LogP contribution < -0.4 is 43.4 Å². The molecule has 2 fully saturated rings. The van der Waals surface area contributed by atoms with Gasteiger partial charge in [0.2, 0.25) is 47.3 Å². The molecular weight excluding hydrogens is 915 g/mol. The third-order valence-corrected chi connectivity index (χ3v) is 12.9. The number of aromatic hydroxyl groups is 1. The van der Waals surface area contributed by atoms with E-state index in [9.17, 15) is 43.5 Å². The van der Waals surface area contributed by atoms with Gasteiger partial charge in [-0.1, -0.05) is 76.6 Å². The molecule has 8 atom stereocenters. The van der Waals surface area contributed by atoms with Gasteiger partial charge in [0, 0.05) is 51.3 Å². The second-order valence-electron chi connectivity index (χ2n) is 18.5. The number of phenols is 1. The summed E-state index contributed by atoms with van der Waals surface area (Å²) in [6.45, 7) is 6.63. The highest BCUT2D eigenvalue weighted by atomic mass is 16.3. The third kappa shape index (κ3) is 15.5. The van der Waals surface area contributed by atoms with Crippen molar-refractivity contribution >= 4 is 53.2 Å². The van der Waals surface area contributed by atoms with E-state index in [1.54, 1.807) is 63.2 Å². The lowest BCUT2D eigenvalue weighted by atomic mass is 9.96. The highest BCUT2D eigenvalue weighted by Gasteiger charge is 2.41. The molecule has 3 aromatic rings.